The molecule has 5 heteroatoms. The number of methoxy groups -OCH3 is 1. The molecular weight excluding hydrogens is 326 g/mol. The first-order valence-electron chi connectivity index (χ1n) is 9.83. The van der Waals surface area contributed by atoms with Crippen LogP contribution in [0.4, 0.5) is 0 Å². The summed E-state index contributed by atoms with van der Waals surface area (Å²) in [5.41, 5.74) is 2.73. The van der Waals surface area contributed by atoms with Gasteiger partial charge in [-0.15, -0.1) is 5.10 Å². The summed E-state index contributed by atoms with van der Waals surface area (Å²) < 4.78 is 5.42. The standard InChI is InChI=1S/C21H27N3O2/c1-20-9-7-16-15-6-4-14(26-2)11-13(15)3-5-17(16)18(20)8-10-21(20,25)19-12-22-24-23-19/h4,6,11-12,16-18,25H,3,5,7-10H2,1-2H3,(H,22,23,24)/t16?,17?,18?,20-,21+/m0/s1. The van der Waals surface area contributed by atoms with Crippen molar-refractivity contribution in [1.29, 1.82) is 0 Å². The molecule has 0 aliphatic heterocycles. The van der Waals surface area contributed by atoms with Gasteiger partial charge in [0.15, 0.2) is 0 Å². The quantitative estimate of drug-likeness (QED) is 0.866. The van der Waals surface area contributed by atoms with E-state index >= 15 is 0 Å². The number of fused-ring (bicyclic) bond motifs is 5. The Kier molecular flexibility index (Phi) is 3.48. The zero-order chi connectivity index (χ0) is 17.9. The first kappa shape index (κ1) is 16.3. The number of nitrogens with zero attached hydrogens (tertiary/aromatic N) is 2. The molecule has 1 aromatic heterocycles. The van der Waals surface area contributed by atoms with Crippen LogP contribution in [0.2, 0.25) is 0 Å². The Morgan fingerprint density at radius 3 is 2.88 bits per heavy atom. The molecule has 3 unspecified atom stereocenters. The Morgan fingerprint density at radius 2 is 2.12 bits per heavy atom. The van der Waals surface area contributed by atoms with E-state index in [1.807, 2.05) is 0 Å². The lowest BCUT2D eigenvalue weighted by atomic mass is 9.53. The normalized spacial score (nSPS) is 38.3. The van der Waals surface area contributed by atoms with Gasteiger partial charge in [-0.2, -0.15) is 0 Å². The van der Waals surface area contributed by atoms with Gasteiger partial charge in [0, 0.05) is 11.6 Å². The lowest BCUT2D eigenvalue weighted by molar-refractivity contribution is -0.111. The number of nitrogens with one attached hydrogen (secondary N) is 1. The average Bonchev–Trinajstić information content (AvgIpc) is 3.29. The Morgan fingerprint density at radius 1 is 1.23 bits per heavy atom. The van der Waals surface area contributed by atoms with Gasteiger partial charge >= 0.3 is 0 Å². The smallest absolute Gasteiger partial charge is 0.119 e. The predicted octanol–water partition coefficient (Wildman–Crippen LogP) is 3.56. The summed E-state index contributed by atoms with van der Waals surface area (Å²) in [6, 6.07) is 6.61. The number of aromatic amines is 1. The molecule has 0 spiro atoms. The number of aryl methyl sites for hydroxylation is 1. The third-order valence-corrected chi connectivity index (χ3v) is 7.93. The number of hydrogen-bond donors (Lipinski definition) is 2. The van der Waals surface area contributed by atoms with Gasteiger partial charge in [0.25, 0.3) is 0 Å². The Hall–Kier alpha value is -1.88. The molecule has 0 amide bonds. The maximum Gasteiger partial charge on any atom is 0.119 e. The van der Waals surface area contributed by atoms with Crippen LogP contribution in [0.3, 0.4) is 0 Å². The highest BCUT2D eigenvalue weighted by Crippen LogP contribution is 2.66. The molecule has 0 saturated heterocycles. The van der Waals surface area contributed by atoms with Gasteiger partial charge < -0.3 is 9.84 Å². The van der Waals surface area contributed by atoms with E-state index in [9.17, 15) is 5.11 Å². The van der Waals surface area contributed by atoms with Crippen LogP contribution in [0.1, 0.15) is 61.8 Å². The number of rotatable bonds is 2. The summed E-state index contributed by atoms with van der Waals surface area (Å²) in [7, 11) is 1.74. The van der Waals surface area contributed by atoms with E-state index in [4.69, 9.17) is 4.74 Å². The van der Waals surface area contributed by atoms with Crippen molar-refractivity contribution in [3.05, 3.63) is 41.2 Å². The van der Waals surface area contributed by atoms with E-state index in [1.165, 1.54) is 17.5 Å². The molecule has 26 heavy (non-hydrogen) atoms. The van der Waals surface area contributed by atoms with Crippen molar-refractivity contribution < 1.29 is 9.84 Å². The van der Waals surface area contributed by atoms with Crippen LogP contribution >= 0.6 is 0 Å². The maximum absolute atomic E-state index is 11.6. The molecule has 3 aliphatic carbocycles. The monoisotopic (exact) mass is 353 g/mol. The van der Waals surface area contributed by atoms with Crippen LogP contribution in [-0.2, 0) is 12.0 Å². The Bertz CT molecular complexity index is 821. The minimum absolute atomic E-state index is 0.116. The van der Waals surface area contributed by atoms with Gasteiger partial charge in [-0.1, -0.05) is 18.2 Å². The summed E-state index contributed by atoms with van der Waals surface area (Å²) in [5.74, 6) is 2.76. The van der Waals surface area contributed by atoms with Crippen LogP contribution < -0.4 is 4.74 Å². The molecule has 1 heterocycles. The number of aromatic nitrogens is 3. The van der Waals surface area contributed by atoms with E-state index in [-0.39, 0.29) is 5.41 Å². The van der Waals surface area contributed by atoms with E-state index in [1.54, 1.807) is 13.3 Å². The van der Waals surface area contributed by atoms with Crippen LogP contribution in [0.5, 0.6) is 5.75 Å². The number of aliphatic hydroxyl groups is 1. The summed E-state index contributed by atoms with van der Waals surface area (Å²) in [5, 5.41) is 22.5. The Labute approximate surface area is 154 Å². The van der Waals surface area contributed by atoms with Crippen molar-refractivity contribution in [2.75, 3.05) is 7.11 Å². The molecule has 138 valence electrons. The number of benzene rings is 1. The third kappa shape index (κ3) is 2.01. The highest BCUT2D eigenvalue weighted by atomic mass is 16.5. The number of hydrogen-bond acceptors (Lipinski definition) is 4. The fourth-order valence-corrected chi connectivity index (χ4v) is 6.53. The topological polar surface area (TPSA) is 71.0 Å². The lowest BCUT2D eigenvalue weighted by Gasteiger charge is -2.52. The molecule has 0 bridgehead atoms. The molecule has 2 N–H and O–H groups in total. The van der Waals surface area contributed by atoms with Gasteiger partial charge in [0.1, 0.15) is 17.0 Å². The summed E-state index contributed by atoms with van der Waals surface area (Å²) >= 11 is 0. The number of H-pyrrole nitrogens is 1. The largest absolute Gasteiger partial charge is 0.497 e. The fraction of sp³-hybridized carbons (Fsp3) is 0.619. The first-order chi connectivity index (χ1) is 12.6. The molecular formula is C21H27N3O2. The molecule has 2 aromatic rings. The Balaban J connectivity index is 1.50. The summed E-state index contributed by atoms with van der Waals surface area (Å²) in [6.07, 6.45) is 8.14. The second-order valence-electron chi connectivity index (χ2n) is 8.69. The van der Waals surface area contributed by atoms with Crippen molar-refractivity contribution in [2.45, 2.75) is 57.0 Å². The minimum Gasteiger partial charge on any atom is -0.497 e. The van der Waals surface area contributed by atoms with Crippen LogP contribution in [0.25, 0.3) is 0 Å². The molecule has 5 rings (SSSR count). The molecule has 1 aromatic carbocycles. The highest BCUT2D eigenvalue weighted by molar-refractivity contribution is 5.41. The van der Waals surface area contributed by atoms with Gasteiger partial charge in [0.05, 0.1) is 7.11 Å². The predicted molar refractivity (Wildman–Crippen MR) is 97.9 cm³/mol. The summed E-state index contributed by atoms with van der Waals surface area (Å²) in [4.78, 5) is 0. The molecule has 2 saturated carbocycles. The van der Waals surface area contributed by atoms with Crippen LogP contribution in [0, 0.1) is 17.3 Å². The van der Waals surface area contributed by atoms with Crippen molar-refractivity contribution in [2.24, 2.45) is 17.3 Å². The first-order valence-corrected chi connectivity index (χ1v) is 9.83. The van der Waals surface area contributed by atoms with E-state index in [2.05, 4.69) is 40.5 Å². The van der Waals surface area contributed by atoms with Crippen LogP contribution in [0.15, 0.2) is 24.4 Å². The van der Waals surface area contributed by atoms with Gasteiger partial charge in [-0.3, -0.25) is 5.10 Å². The van der Waals surface area contributed by atoms with E-state index in [0.29, 0.717) is 17.8 Å². The van der Waals surface area contributed by atoms with E-state index < -0.39 is 5.60 Å². The maximum atomic E-state index is 11.6. The summed E-state index contributed by atoms with van der Waals surface area (Å²) in [6.45, 7) is 2.29. The zero-order valence-corrected chi connectivity index (χ0v) is 15.5. The molecule has 3 aliphatic rings. The van der Waals surface area contributed by atoms with Gasteiger partial charge in [0.2, 0.25) is 0 Å². The lowest BCUT2D eigenvalue weighted by Crippen LogP contribution is -2.49. The molecule has 5 nitrogen and oxygen atoms in total. The molecule has 2 fully saturated rings. The van der Waals surface area contributed by atoms with Crippen molar-refractivity contribution in [3.8, 4) is 5.75 Å². The fourth-order valence-electron chi connectivity index (χ4n) is 6.53. The number of ether oxygens (including phenoxy) is 1. The highest BCUT2D eigenvalue weighted by Gasteiger charge is 2.63. The third-order valence-electron chi connectivity index (χ3n) is 7.93. The molecule has 5 atom stereocenters. The van der Waals surface area contributed by atoms with Crippen molar-refractivity contribution in [3.63, 3.8) is 0 Å². The van der Waals surface area contributed by atoms with Gasteiger partial charge in [-0.25, -0.2) is 0 Å². The van der Waals surface area contributed by atoms with Crippen molar-refractivity contribution >= 4 is 0 Å². The van der Waals surface area contributed by atoms with Crippen molar-refractivity contribution in [1.82, 2.24) is 15.4 Å². The second-order valence-corrected chi connectivity index (χ2v) is 8.69. The average molecular weight is 353 g/mol. The molecule has 0 radical (unpaired) electrons. The zero-order valence-electron chi connectivity index (χ0n) is 15.5. The van der Waals surface area contributed by atoms with E-state index in [0.717, 1.165) is 43.5 Å². The minimum atomic E-state index is -0.851. The van der Waals surface area contributed by atoms with Crippen LogP contribution in [-0.4, -0.2) is 27.6 Å². The second kappa shape index (κ2) is 5.56. The van der Waals surface area contributed by atoms with Gasteiger partial charge in [-0.05, 0) is 79.5 Å². The SMILES string of the molecule is COc1ccc2c(c1)CCC1C2CC[C@@]2(C)C1CC[C@@]2(O)c1c[nH]nn1.